The van der Waals surface area contributed by atoms with Gasteiger partial charge in [0.15, 0.2) is 5.82 Å². The molecule has 0 spiro atoms. The molecule has 0 unspecified atom stereocenters. The van der Waals surface area contributed by atoms with Crippen molar-refractivity contribution in [1.82, 2.24) is 9.66 Å². The number of fused-ring (bicyclic) bond motifs is 2. The molecule has 6 rings (SSSR count). The summed E-state index contributed by atoms with van der Waals surface area (Å²) in [6.45, 7) is 0.0489. The third-order valence-electron chi connectivity index (χ3n) is 7.00. The van der Waals surface area contributed by atoms with E-state index in [0.717, 1.165) is 27.6 Å². The standard InChI is InChI=1S/C34H22F3N3O4/c35-34(36,37)25-11-6-9-23(18-25)31-39-29-14-4-3-13-27(29)32(41)40(31)38-19-28-26-12-2-1-8-22(26)15-16-30(28)44-20-21-7-5-10-24(17-21)33(42)43/h1-19H,20H2,(H,42,43). The molecule has 1 heterocycles. The SMILES string of the molecule is O=C(O)c1cccc(COc2ccc3ccccc3c2C=Nn2c(-c3cccc(C(F)(F)F)c3)nc3ccccc3c2=O)c1. The molecule has 7 nitrogen and oxygen atoms in total. The lowest BCUT2D eigenvalue weighted by molar-refractivity contribution is -0.137. The topological polar surface area (TPSA) is 93.8 Å². The molecule has 1 N–H and O–H groups in total. The van der Waals surface area contributed by atoms with Crippen LogP contribution in [-0.4, -0.2) is 27.0 Å². The van der Waals surface area contributed by atoms with Crippen molar-refractivity contribution in [1.29, 1.82) is 0 Å². The summed E-state index contributed by atoms with van der Waals surface area (Å²) in [5.41, 5.74) is 0.186. The Morgan fingerprint density at radius 1 is 0.886 bits per heavy atom. The summed E-state index contributed by atoms with van der Waals surface area (Å²) in [7, 11) is 0. The van der Waals surface area contributed by atoms with Gasteiger partial charge in [0.1, 0.15) is 12.4 Å². The molecular weight excluding hydrogens is 571 g/mol. The first-order chi connectivity index (χ1) is 21.2. The third kappa shape index (κ3) is 5.65. The summed E-state index contributed by atoms with van der Waals surface area (Å²) in [6, 6.07) is 28.5. The van der Waals surface area contributed by atoms with Gasteiger partial charge in [-0.25, -0.2) is 9.78 Å². The van der Waals surface area contributed by atoms with Crippen LogP contribution >= 0.6 is 0 Å². The zero-order chi connectivity index (χ0) is 30.8. The average Bonchev–Trinajstić information content (AvgIpc) is 3.03. The van der Waals surface area contributed by atoms with Gasteiger partial charge in [-0.3, -0.25) is 4.79 Å². The molecule has 0 bridgehead atoms. The van der Waals surface area contributed by atoms with Gasteiger partial charge in [-0.05, 0) is 58.8 Å². The maximum absolute atomic E-state index is 13.7. The van der Waals surface area contributed by atoms with Crippen molar-refractivity contribution < 1.29 is 27.8 Å². The third-order valence-corrected chi connectivity index (χ3v) is 7.00. The van der Waals surface area contributed by atoms with Gasteiger partial charge in [-0.2, -0.15) is 22.9 Å². The van der Waals surface area contributed by atoms with Gasteiger partial charge in [-0.15, -0.1) is 0 Å². The summed E-state index contributed by atoms with van der Waals surface area (Å²) in [5, 5.41) is 15.7. The van der Waals surface area contributed by atoms with Gasteiger partial charge in [0.2, 0.25) is 0 Å². The first-order valence-electron chi connectivity index (χ1n) is 13.4. The van der Waals surface area contributed by atoms with Gasteiger partial charge >= 0.3 is 12.1 Å². The number of carboxylic acids is 1. The highest BCUT2D eigenvalue weighted by atomic mass is 19.4. The summed E-state index contributed by atoms with van der Waals surface area (Å²) in [4.78, 5) is 29.6. The highest BCUT2D eigenvalue weighted by molar-refractivity contribution is 6.02. The minimum absolute atomic E-state index is 0.0489. The van der Waals surface area contributed by atoms with E-state index in [1.165, 1.54) is 30.5 Å². The van der Waals surface area contributed by atoms with Crippen molar-refractivity contribution in [3.8, 4) is 17.1 Å². The first-order valence-corrected chi connectivity index (χ1v) is 13.4. The number of carbonyl (C=O) groups is 1. The van der Waals surface area contributed by atoms with E-state index >= 15 is 0 Å². The van der Waals surface area contributed by atoms with Crippen LogP contribution in [0.4, 0.5) is 13.2 Å². The molecule has 218 valence electrons. The van der Waals surface area contributed by atoms with Gasteiger partial charge < -0.3 is 9.84 Å². The molecule has 1 aromatic heterocycles. The number of aromatic nitrogens is 2. The van der Waals surface area contributed by atoms with Crippen LogP contribution in [0.1, 0.15) is 27.0 Å². The van der Waals surface area contributed by atoms with Crippen molar-refractivity contribution in [2.75, 3.05) is 0 Å². The van der Waals surface area contributed by atoms with E-state index in [4.69, 9.17) is 4.74 Å². The molecule has 10 heteroatoms. The summed E-state index contributed by atoms with van der Waals surface area (Å²) >= 11 is 0. The number of hydrogen-bond acceptors (Lipinski definition) is 5. The van der Waals surface area contributed by atoms with Crippen molar-refractivity contribution >= 4 is 33.9 Å². The van der Waals surface area contributed by atoms with Crippen LogP contribution in [0.5, 0.6) is 5.75 Å². The summed E-state index contributed by atoms with van der Waals surface area (Å²) in [5.74, 6) is -0.726. The number of rotatable bonds is 7. The molecule has 5 aromatic carbocycles. The lowest BCUT2D eigenvalue weighted by atomic mass is 10.0. The summed E-state index contributed by atoms with van der Waals surface area (Å²) < 4.78 is 47.8. The number of ether oxygens (including phenoxy) is 1. The zero-order valence-corrected chi connectivity index (χ0v) is 22.8. The zero-order valence-electron chi connectivity index (χ0n) is 22.8. The second-order valence-corrected chi connectivity index (χ2v) is 9.89. The predicted molar refractivity (Wildman–Crippen MR) is 161 cm³/mol. The Morgan fingerprint density at radius 2 is 1.64 bits per heavy atom. The van der Waals surface area contributed by atoms with Gasteiger partial charge in [-0.1, -0.05) is 66.7 Å². The molecular formula is C34H22F3N3O4. The number of halogens is 3. The largest absolute Gasteiger partial charge is 0.488 e. The summed E-state index contributed by atoms with van der Waals surface area (Å²) in [6.07, 6.45) is -3.18. The van der Waals surface area contributed by atoms with Crippen molar-refractivity contribution in [2.45, 2.75) is 12.8 Å². The Kier molecular flexibility index (Phi) is 7.40. The fraction of sp³-hybridized carbons (Fsp3) is 0.0588. The molecule has 0 fully saturated rings. The number of nitrogens with zero attached hydrogens (tertiary/aromatic N) is 3. The van der Waals surface area contributed by atoms with Crippen LogP contribution in [-0.2, 0) is 12.8 Å². The molecule has 0 aliphatic rings. The van der Waals surface area contributed by atoms with Gasteiger partial charge in [0.05, 0.1) is 28.2 Å². The normalized spacial score (nSPS) is 11.8. The fourth-order valence-corrected chi connectivity index (χ4v) is 4.86. The van der Waals surface area contributed by atoms with E-state index < -0.39 is 23.3 Å². The van der Waals surface area contributed by atoms with E-state index in [0.29, 0.717) is 22.4 Å². The lowest BCUT2D eigenvalue weighted by Crippen LogP contribution is -2.20. The minimum atomic E-state index is -4.60. The van der Waals surface area contributed by atoms with Gasteiger partial charge in [0, 0.05) is 11.1 Å². The van der Waals surface area contributed by atoms with Crippen molar-refractivity contribution in [3.05, 3.63) is 142 Å². The molecule has 0 saturated heterocycles. The van der Waals surface area contributed by atoms with E-state index in [2.05, 4.69) is 10.1 Å². The number of benzene rings is 5. The maximum atomic E-state index is 13.7. The monoisotopic (exact) mass is 593 g/mol. The number of carboxylic acid groups (broad SMARTS) is 1. The maximum Gasteiger partial charge on any atom is 0.416 e. The quantitative estimate of drug-likeness (QED) is 0.195. The molecule has 0 radical (unpaired) electrons. The van der Waals surface area contributed by atoms with Crippen molar-refractivity contribution in [2.24, 2.45) is 5.10 Å². The number of para-hydroxylation sites is 1. The second-order valence-electron chi connectivity index (χ2n) is 9.89. The number of hydrogen-bond donors (Lipinski definition) is 1. The number of alkyl halides is 3. The van der Waals surface area contributed by atoms with Crippen LogP contribution in [0.25, 0.3) is 33.1 Å². The smallest absolute Gasteiger partial charge is 0.416 e. The molecule has 6 aromatic rings. The number of aromatic carboxylic acids is 1. The molecule has 0 aliphatic heterocycles. The van der Waals surface area contributed by atoms with E-state index in [1.807, 2.05) is 30.3 Å². The van der Waals surface area contributed by atoms with Crippen LogP contribution in [0.15, 0.2) is 119 Å². The van der Waals surface area contributed by atoms with E-state index in [-0.39, 0.29) is 28.9 Å². The molecule has 0 aliphatic carbocycles. The van der Waals surface area contributed by atoms with E-state index in [9.17, 15) is 27.9 Å². The Hall–Kier alpha value is -5.77. The highest BCUT2D eigenvalue weighted by Gasteiger charge is 2.31. The van der Waals surface area contributed by atoms with Crippen molar-refractivity contribution in [3.63, 3.8) is 0 Å². The minimum Gasteiger partial charge on any atom is -0.488 e. The van der Waals surface area contributed by atoms with Gasteiger partial charge in [0.25, 0.3) is 5.56 Å². The average molecular weight is 594 g/mol. The second kappa shape index (κ2) is 11.5. The lowest BCUT2D eigenvalue weighted by Gasteiger charge is -2.14. The van der Waals surface area contributed by atoms with Crippen LogP contribution < -0.4 is 10.3 Å². The van der Waals surface area contributed by atoms with Crippen LogP contribution in [0.3, 0.4) is 0 Å². The Labute approximate surface area is 248 Å². The molecule has 44 heavy (non-hydrogen) atoms. The molecule has 0 amide bonds. The van der Waals surface area contributed by atoms with Crippen LogP contribution in [0.2, 0.25) is 0 Å². The van der Waals surface area contributed by atoms with Crippen LogP contribution in [0, 0.1) is 0 Å². The molecule has 0 atom stereocenters. The highest BCUT2D eigenvalue weighted by Crippen LogP contribution is 2.32. The Bertz CT molecular complexity index is 2140. The fourth-order valence-electron chi connectivity index (χ4n) is 4.86. The Morgan fingerprint density at radius 3 is 2.43 bits per heavy atom. The van der Waals surface area contributed by atoms with E-state index in [1.54, 1.807) is 42.5 Å². The Balaban J connectivity index is 1.49. The predicted octanol–water partition coefficient (Wildman–Crippen LogP) is 7.39. The molecule has 0 saturated carbocycles. The first kappa shape index (κ1) is 28.4.